The highest BCUT2D eigenvalue weighted by Gasteiger charge is 2.43. The van der Waals surface area contributed by atoms with Gasteiger partial charge in [-0.25, -0.2) is 0 Å². The Bertz CT molecular complexity index is 1230. The molecular formula is C29H34ClN5O4. The molecule has 2 saturated heterocycles. The van der Waals surface area contributed by atoms with Crippen LogP contribution in [0.5, 0.6) is 11.9 Å². The molecule has 0 saturated carbocycles. The van der Waals surface area contributed by atoms with Crippen molar-refractivity contribution in [3.63, 3.8) is 0 Å². The Morgan fingerprint density at radius 2 is 1.64 bits per heavy atom. The summed E-state index contributed by atoms with van der Waals surface area (Å²) in [5.41, 5.74) is 3.18. The van der Waals surface area contributed by atoms with Crippen LogP contribution in [0.25, 0.3) is 0 Å². The van der Waals surface area contributed by atoms with Crippen molar-refractivity contribution in [1.82, 2.24) is 24.7 Å². The first kappa shape index (κ1) is 27.3. The average Bonchev–Trinajstić information content (AvgIpc) is 2.98. The van der Waals surface area contributed by atoms with E-state index in [0.29, 0.717) is 42.8 Å². The second kappa shape index (κ2) is 12.3. The first-order chi connectivity index (χ1) is 19.0. The molecule has 2 atom stereocenters. The molecule has 2 aliphatic rings. The summed E-state index contributed by atoms with van der Waals surface area (Å²) in [5, 5.41) is 9.82. The van der Waals surface area contributed by atoms with Crippen molar-refractivity contribution in [3.05, 3.63) is 82.5 Å². The zero-order chi connectivity index (χ0) is 27.4. The van der Waals surface area contributed by atoms with Crippen LogP contribution in [0.15, 0.2) is 60.7 Å². The lowest BCUT2D eigenvalue weighted by atomic mass is 9.81. The van der Waals surface area contributed by atoms with Crippen LogP contribution in [-0.2, 0) is 11.3 Å². The maximum atomic E-state index is 12.4. The lowest BCUT2D eigenvalue weighted by molar-refractivity contribution is -0.139. The van der Waals surface area contributed by atoms with Crippen molar-refractivity contribution in [2.45, 2.75) is 24.5 Å². The number of rotatable bonds is 8. The molecule has 0 bridgehead atoms. The van der Waals surface area contributed by atoms with Crippen LogP contribution in [-0.4, -0.2) is 101 Å². The van der Waals surface area contributed by atoms with Crippen LogP contribution in [0.2, 0.25) is 5.15 Å². The van der Waals surface area contributed by atoms with Gasteiger partial charge in [-0.3, -0.25) is 14.6 Å². The summed E-state index contributed by atoms with van der Waals surface area (Å²) in [5.74, 6) is 0.260. The Labute approximate surface area is 233 Å². The smallest absolute Gasteiger partial charge is 0.320 e. The highest BCUT2D eigenvalue weighted by molar-refractivity contribution is 6.30. The van der Waals surface area contributed by atoms with Crippen LogP contribution in [0, 0.1) is 0 Å². The van der Waals surface area contributed by atoms with Crippen molar-refractivity contribution in [2.24, 2.45) is 0 Å². The Morgan fingerprint density at radius 1 is 0.974 bits per heavy atom. The molecule has 1 N–H and O–H groups in total. The third kappa shape index (κ3) is 5.86. The van der Waals surface area contributed by atoms with Gasteiger partial charge in [0.05, 0.1) is 19.8 Å². The van der Waals surface area contributed by atoms with Gasteiger partial charge in [0.15, 0.2) is 0 Å². The SMILES string of the molecule is COc1nc(Cl)c(CN2C[C@@H]3CN(C(=O)CO)CCN3[C@H](C(c3ccccc3)c3ccccc3)C2)c(OC)n1. The fraction of sp³-hybridized carbons (Fsp3) is 0.414. The molecule has 0 aliphatic carbocycles. The van der Waals surface area contributed by atoms with Gasteiger partial charge < -0.3 is 19.5 Å². The minimum Gasteiger partial charge on any atom is -0.481 e. The van der Waals surface area contributed by atoms with Crippen molar-refractivity contribution < 1.29 is 19.4 Å². The molecule has 5 rings (SSSR count). The van der Waals surface area contributed by atoms with Crippen LogP contribution in [0.4, 0.5) is 0 Å². The normalized spacial score (nSPS) is 20.1. The van der Waals surface area contributed by atoms with Gasteiger partial charge in [-0.1, -0.05) is 72.3 Å². The molecule has 10 heteroatoms. The number of aliphatic hydroxyl groups is 1. The first-order valence-electron chi connectivity index (χ1n) is 13.1. The third-order valence-electron chi connectivity index (χ3n) is 7.71. The third-order valence-corrected chi connectivity index (χ3v) is 8.03. The predicted molar refractivity (Wildman–Crippen MR) is 148 cm³/mol. The zero-order valence-corrected chi connectivity index (χ0v) is 23.0. The number of carbonyl (C=O) groups excluding carboxylic acids is 1. The largest absolute Gasteiger partial charge is 0.481 e. The number of benzene rings is 2. The number of ether oxygens (including phenoxy) is 2. The summed E-state index contributed by atoms with van der Waals surface area (Å²) in [6, 6.07) is 21.5. The van der Waals surface area contributed by atoms with Gasteiger partial charge in [-0.15, -0.1) is 0 Å². The fourth-order valence-corrected chi connectivity index (χ4v) is 6.17. The van der Waals surface area contributed by atoms with Gasteiger partial charge in [0.25, 0.3) is 0 Å². The zero-order valence-electron chi connectivity index (χ0n) is 22.2. The second-order valence-electron chi connectivity index (χ2n) is 9.94. The van der Waals surface area contributed by atoms with Gasteiger partial charge in [-0.05, 0) is 11.1 Å². The number of nitrogens with zero attached hydrogens (tertiary/aromatic N) is 5. The first-order valence-corrected chi connectivity index (χ1v) is 13.5. The molecule has 9 nitrogen and oxygen atoms in total. The minimum atomic E-state index is -0.480. The molecule has 1 amide bonds. The van der Waals surface area contributed by atoms with Gasteiger partial charge in [0.1, 0.15) is 11.8 Å². The van der Waals surface area contributed by atoms with E-state index in [9.17, 15) is 9.90 Å². The maximum Gasteiger partial charge on any atom is 0.320 e. The van der Waals surface area contributed by atoms with Crippen molar-refractivity contribution in [1.29, 1.82) is 0 Å². The average molecular weight is 552 g/mol. The van der Waals surface area contributed by atoms with E-state index >= 15 is 0 Å². The van der Waals surface area contributed by atoms with E-state index in [2.05, 4.69) is 68.3 Å². The topological polar surface area (TPSA) is 91.3 Å². The standard InChI is InChI=1S/C29H34ClN5O4/c1-38-28-23(27(30)31-29(32-28)39-2)17-33-15-22-16-34(25(37)19-36)13-14-35(22)24(18-33)26(20-9-5-3-6-10-20)21-11-7-4-8-12-21/h3-12,22,24,26,36H,13-19H2,1-2H3/t22-,24+/m1/s1. The number of halogens is 1. The molecule has 2 fully saturated rings. The summed E-state index contributed by atoms with van der Waals surface area (Å²) >= 11 is 6.59. The van der Waals surface area contributed by atoms with Crippen molar-refractivity contribution >= 4 is 17.5 Å². The summed E-state index contributed by atoms with van der Waals surface area (Å²) in [7, 11) is 3.05. The second-order valence-corrected chi connectivity index (χ2v) is 10.3. The predicted octanol–water partition coefficient (Wildman–Crippen LogP) is 2.67. The Morgan fingerprint density at radius 3 is 2.23 bits per heavy atom. The molecule has 206 valence electrons. The summed E-state index contributed by atoms with van der Waals surface area (Å²) in [6.07, 6.45) is 0. The molecule has 3 heterocycles. The van der Waals surface area contributed by atoms with Crippen LogP contribution in [0.3, 0.4) is 0 Å². The van der Waals surface area contributed by atoms with E-state index in [1.54, 1.807) is 12.0 Å². The number of carbonyl (C=O) groups is 1. The van der Waals surface area contributed by atoms with Gasteiger partial charge >= 0.3 is 6.01 Å². The number of methoxy groups -OCH3 is 2. The van der Waals surface area contributed by atoms with Crippen molar-refractivity contribution in [3.8, 4) is 11.9 Å². The van der Waals surface area contributed by atoms with E-state index < -0.39 is 6.61 Å². The summed E-state index contributed by atoms with van der Waals surface area (Å²) < 4.78 is 10.7. The number of amides is 1. The van der Waals surface area contributed by atoms with E-state index in [0.717, 1.165) is 13.1 Å². The van der Waals surface area contributed by atoms with E-state index in [-0.39, 0.29) is 29.9 Å². The lowest BCUT2D eigenvalue weighted by Crippen LogP contribution is -2.67. The molecule has 0 unspecified atom stereocenters. The van der Waals surface area contributed by atoms with Gasteiger partial charge in [0, 0.05) is 57.3 Å². The van der Waals surface area contributed by atoms with Crippen LogP contribution in [0.1, 0.15) is 22.6 Å². The van der Waals surface area contributed by atoms with E-state index in [4.69, 9.17) is 21.1 Å². The highest BCUT2D eigenvalue weighted by Crippen LogP contribution is 2.37. The number of hydrogen-bond acceptors (Lipinski definition) is 8. The Balaban J connectivity index is 1.53. The number of piperazine rings is 2. The van der Waals surface area contributed by atoms with Gasteiger partial charge in [0.2, 0.25) is 11.8 Å². The molecule has 2 aliphatic heterocycles. The Hall–Kier alpha value is -3.24. The molecular weight excluding hydrogens is 518 g/mol. The van der Waals surface area contributed by atoms with E-state index in [1.165, 1.54) is 18.2 Å². The number of fused-ring (bicyclic) bond motifs is 1. The molecule has 2 aromatic carbocycles. The quantitative estimate of drug-likeness (QED) is 0.427. The molecule has 39 heavy (non-hydrogen) atoms. The summed E-state index contributed by atoms with van der Waals surface area (Å²) in [4.78, 5) is 27.7. The number of hydrogen-bond donors (Lipinski definition) is 1. The monoisotopic (exact) mass is 551 g/mol. The minimum absolute atomic E-state index is 0.0758. The van der Waals surface area contributed by atoms with Crippen molar-refractivity contribution in [2.75, 3.05) is 53.6 Å². The molecule has 0 spiro atoms. The van der Waals surface area contributed by atoms with Gasteiger partial charge in [-0.2, -0.15) is 9.97 Å². The van der Waals surface area contributed by atoms with Crippen LogP contribution >= 0.6 is 11.6 Å². The number of aliphatic hydroxyl groups excluding tert-OH is 1. The van der Waals surface area contributed by atoms with Crippen LogP contribution < -0.4 is 9.47 Å². The molecule has 0 radical (unpaired) electrons. The Kier molecular flexibility index (Phi) is 8.62. The lowest BCUT2D eigenvalue weighted by Gasteiger charge is -2.53. The molecule has 3 aromatic rings. The fourth-order valence-electron chi connectivity index (χ4n) is 5.96. The maximum absolute atomic E-state index is 12.4. The summed E-state index contributed by atoms with van der Waals surface area (Å²) in [6.45, 7) is 3.36. The highest BCUT2D eigenvalue weighted by atomic mass is 35.5. The number of aromatic nitrogens is 2. The van der Waals surface area contributed by atoms with E-state index in [1.807, 2.05) is 12.1 Å². The molecule has 1 aromatic heterocycles.